The Morgan fingerprint density at radius 1 is 0.857 bits per heavy atom. The number of halogens is 2. The third-order valence-corrected chi connectivity index (χ3v) is 7.15. The standard InChI is InChI=1S/C29H26Cl2N2O2/c30-26-12-7-13-27(31)25(26)18-32-17-24-15-28(34)29(35-20-22-10-5-2-6-11-22)19-33(24)16-23(32)14-21-8-3-1-4-9-21/h1-13,15,19,23H,14,16-18,20H2. The molecule has 0 saturated carbocycles. The fraction of sp³-hybridized carbons (Fsp3) is 0.207. The summed E-state index contributed by atoms with van der Waals surface area (Å²) in [6, 6.07) is 27.8. The van der Waals surface area contributed by atoms with Gasteiger partial charge in [0, 0.05) is 53.0 Å². The van der Waals surface area contributed by atoms with Crippen LogP contribution in [0.4, 0.5) is 0 Å². The number of fused-ring (bicyclic) bond motifs is 1. The van der Waals surface area contributed by atoms with E-state index in [-0.39, 0.29) is 11.5 Å². The van der Waals surface area contributed by atoms with E-state index in [0.29, 0.717) is 35.5 Å². The van der Waals surface area contributed by atoms with Gasteiger partial charge < -0.3 is 9.30 Å². The van der Waals surface area contributed by atoms with Crippen molar-refractivity contribution in [3.05, 3.63) is 134 Å². The van der Waals surface area contributed by atoms with Crippen molar-refractivity contribution in [3.8, 4) is 5.75 Å². The van der Waals surface area contributed by atoms with Gasteiger partial charge in [-0.05, 0) is 29.7 Å². The molecule has 0 radical (unpaired) electrons. The van der Waals surface area contributed by atoms with Crippen LogP contribution in [-0.2, 0) is 32.7 Å². The van der Waals surface area contributed by atoms with Crippen molar-refractivity contribution in [3.63, 3.8) is 0 Å². The van der Waals surface area contributed by atoms with Crippen molar-refractivity contribution in [1.82, 2.24) is 9.47 Å². The monoisotopic (exact) mass is 504 g/mol. The Morgan fingerprint density at radius 2 is 1.51 bits per heavy atom. The van der Waals surface area contributed by atoms with Crippen LogP contribution in [0.1, 0.15) is 22.4 Å². The average molecular weight is 505 g/mol. The maximum absolute atomic E-state index is 12.9. The number of nitrogens with zero attached hydrogens (tertiary/aromatic N) is 2. The Bertz CT molecular complexity index is 1340. The van der Waals surface area contributed by atoms with Gasteiger partial charge in [0.05, 0.1) is 6.20 Å². The van der Waals surface area contributed by atoms with Gasteiger partial charge in [-0.25, -0.2) is 0 Å². The molecule has 4 nitrogen and oxygen atoms in total. The first-order chi connectivity index (χ1) is 17.1. The molecule has 6 heteroatoms. The number of pyridine rings is 1. The van der Waals surface area contributed by atoms with E-state index in [9.17, 15) is 4.79 Å². The van der Waals surface area contributed by atoms with E-state index in [0.717, 1.165) is 29.8 Å². The number of hydrogen-bond acceptors (Lipinski definition) is 3. The van der Waals surface area contributed by atoms with Gasteiger partial charge in [-0.3, -0.25) is 9.69 Å². The molecule has 0 saturated heterocycles. The highest BCUT2D eigenvalue weighted by Crippen LogP contribution is 2.30. The molecule has 1 aliphatic heterocycles. The minimum Gasteiger partial charge on any atom is -0.483 e. The van der Waals surface area contributed by atoms with Crippen LogP contribution >= 0.6 is 23.2 Å². The highest BCUT2D eigenvalue weighted by atomic mass is 35.5. The third kappa shape index (κ3) is 5.62. The predicted octanol–water partition coefficient (Wildman–Crippen LogP) is 6.36. The quantitative estimate of drug-likeness (QED) is 0.293. The predicted molar refractivity (Wildman–Crippen MR) is 141 cm³/mol. The molecule has 4 aromatic rings. The van der Waals surface area contributed by atoms with Crippen LogP contribution < -0.4 is 10.2 Å². The van der Waals surface area contributed by atoms with Crippen molar-refractivity contribution in [2.75, 3.05) is 0 Å². The highest BCUT2D eigenvalue weighted by molar-refractivity contribution is 6.35. The average Bonchev–Trinajstić information content (AvgIpc) is 2.87. The second kappa shape index (κ2) is 10.7. The van der Waals surface area contributed by atoms with Crippen molar-refractivity contribution in [2.24, 2.45) is 0 Å². The van der Waals surface area contributed by atoms with Crippen molar-refractivity contribution >= 4 is 23.2 Å². The Morgan fingerprint density at radius 3 is 2.20 bits per heavy atom. The zero-order chi connectivity index (χ0) is 24.2. The summed E-state index contributed by atoms with van der Waals surface area (Å²) in [6.07, 6.45) is 2.73. The lowest BCUT2D eigenvalue weighted by Crippen LogP contribution is -2.44. The van der Waals surface area contributed by atoms with Gasteiger partial charge in [0.1, 0.15) is 6.61 Å². The van der Waals surface area contributed by atoms with E-state index in [1.165, 1.54) is 5.56 Å². The SMILES string of the molecule is O=c1cc2n(cc1OCc1ccccc1)CC(Cc1ccccc1)N(Cc1c(Cl)cccc1Cl)C2. The van der Waals surface area contributed by atoms with Gasteiger partial charge in [0.15, 0.2) is 5.75 Å². The van der Waals surface area contributed by atoms with Crippen molar-refractivity contribution in [1.29, 1.82) is 0 Å². The van der Waals surface area contributed by atoms with Crippen molar-refractivity contribution in [2.45, 2.75) is 38.7 Å². The van der Waals surface area contributed by atoms with Crippen LogP contribution in [-0.4, -0.2) is 15.5 Å². The Labute approximate surface area is 215 Å². The van der Waals surface area contributed by atoms with Gasteiger partial charge in [0.2, 0.25) is 5.43 Å². The van der Waals surface area contributed by atoms with Crippen molar-refractivity contribution < 1.29 is 4.74 Å². The fourth-order valence-electron chi connectivity index (χ4n) is 4.57. The first-order valence-corrected chi connectivity index (χ1v) is 12.4. The minimum absolute atomic E-state index is 0.107. The van der Waals surface area contributed by atoms with Gasteiger partial charge >= 0.3 is 0 Å². The molecule has 5 rings (SSSR count). The topological polar surface area (TPSA) is 34.5 Å². The van der Waals surface area contributed by atoms with Gasteiger partial charge in [-0.2, -0.15) is 0 Å². The summed E-state index contributed by atoms with van der Waals surface area (Å²) < 4.78 is 8.07. The summed E-state index contributed by atoms with van der Waals surface area (Å²) in [6.45, 7) is 2.32. The molecular formula is C29H26Cl2N2O2. The first kappa shape index (κ1) is 23.7. The summed E-state index contributed by atoms with van der Waals surface area (Å²) in [5.41, 5.74) is 4.05. The van der Waals surface area contributed by atoms with Gasteiger partial charge in [0.25, 0.3) is 0 Å². The lowest BCUT2D eigenvalue weighted by molar-refractivity contribution is 0.128. The number of aromatic nitrogens is 1. The second-order valence-corrected chi connectivity index (χ2v) is 9.68. The molecule has 0 fully saturated rings. The molecule has 0 spiro atoms. The molecule has 1 aliphatic rings. The lowest BCUT2D eigenvalue weighted by Gasteiger charge is -2.38. The summed E-state index contributed by atoms with van der Waals surface area (Å²) in [4.78, 5) is 15.2. The molecule has 3 aromatic carbocycles. The van der Waals surface area contributed by atoms with E-state index >= 15 is 0 Å². The molecule has 178 valence electrons. The zero-order valence-electron chi connectivity index (χ0n) is 19.2. The number of ether oxygens (including phenoxy) is 1. The van der Waals surface area contributed by atoms with Crippen LogP contribution in [0.15, 0.2) is 95.9 Å². The van der Waals surface area contributed by atoms with Crippen LogP contribution in [0.3, 0.4) is 0 Å². The van der Waals surface area contributed by atoms with E-state index in [1.54, 1.807) is 6.07 Å². The number of hydrogen-bond donors (Lipinski definition) is 0. The van der Waals surface area contributed by atoms with Crippen LogP contribution in [0.5, 0.6) is 5.75 Å². The largest absolute Gasteiger partial charge is 0.483 e. The minimum atomic E-state index is -0.107. The maximum atomic E-state index is 12.9. The summed E-state index contributed by atoms with van der Waals surface area (Å²) in [7, 11) is 0. The Kier molecular flexibility index (Phi) is 7.24. The first-order valence-electron chi connectivity index (χ1n) is 11.7. The molecule has 1 unspecified atom stereocenters. The molecule has 2 heterocycles. The van der Waals surface area contributed by atoms with Crippen LogP contribution in [0, 0.1) is 0 Å². The van der Waals surface area contributed by atoms with Crippen LogP contribution in [0.2, 0.25) is 10.0 Å². The molecule has 0 amide bonds. The summed E-state index contributed by atoms with van der Waals surface area (Å²) >= 11 is 13.0. The van der Waals surface area contributed by atoms with E-state index < -0.39 is 0 Å². The number of rotatable bonds is 7. The maximum Gasteiger partial charge on any atom is 0.223 e. The molecule has 35 heavy (non-hydrogen) atoms. The molecule has 1 aromatic heterocycles. The zero-order valence-corrected chi connectivity index (χ0v) is 20.8. The summed E-state index contributed by atoms with van der Waals surface area (Å²) in [5, 5.41) is 1.31. The number of benzene rings is 3. The van der Waals surface area contributed by atoms with E-state index in [1.807, 2.05) is 60.8 Å². The molecular weight excluding hydrogens is 479 g/mol. The lowest BCUT2D eigenvalue weighted by atomic mass is 10.0. The third-order valence-electron chi connectivity index (χ3n) is 6.45. The van der Waals surface area contributed by atoms with Gasteiger partial charge in [-0.1, -0.05) is 89.9 Å². The highest BCUT2D eigenvalue weighted by Gasteiger charge is 2.28. The normalized spacial score (nSPS) is 15.5. The van der Waals surface area contributed by atoms with E-state index in [4.69, 9.17) is 27.9 Å². The summed E-state index contributed by atoms with van der Waals surface area (Å²) in [5.74, 6) is 0.374. The fourth-order valence-corrected chi connectivity index (χ4v) is 5.09. The smallest absolute Gasteiger partial charge is 0.223 e. The Hall–Kier alpha value is -3.05. The molecule has 1 atom stereocenters. The molecule has 0 aliphatic carbocycles. The molecule has 0 bridgehead atoms. The second-order valence-electron chi connectivity index (χ2n) is 8.87. The Balaban J connectivity index is 1.43. The van der Waals surface area contributed by atoms with Gasteiger partial charge in [-0.15, -0.1) is 0 Å². The van der Waals surface area contributed by atoms with Crippen LogP contribution in [0.25, 0.3) is 0 Å². The molecule has 0 N–H and O–H groups in total. The van der Waals surface area contributed by atoms with E-state index in [2.05, 4.69) is 33.7 Å².